The number of carbonyl (C=O) groups is 2. The lowest BCUT2D eigenvalue weighted by Gasteiger charge is -2.16. The van der Waals surface area contributed by atoms with Crippen molar-refractivity contribution >= 4 is 22.8 Å². The van der Waals surface area contributed by atoms with Crippen LogP contribution in [0.15, 0.2) is 76.1 Å². The molecule has 4 rings (SSSR count). The van der Waals surface area contributed by atoms with Crippen LogP contribution in [0.3, 0.4) is 0 Å². The molecule has 0 aliphatic carbocycles. The lowest BCUT2D eigenvalue weighted by Crippen LogP contribution is -2.30. The summed E-state index contributed by atoms with van der Waals surface area (Å²) in [6, 6.07) is 17.4. The second-order valence-electron chi connectivity index (χ2n) is 7.27. The van der Waals surface area contributed by atoms with E-state index in [1.807, 2.05) is 6.07 Å². The smallest absolute Gasteiger partial charge is 0.338 e. The first-order chi connectivity index (χ1) is 15.5. The number of carbonyl (C=O) groups excluding carboxylic acids is 2. The fraction of sp³-hybridized carbons (Fsp3) is 0.167. The molecular weight excluding hydrogens is 410 g/mol. The van der Waals surface area contributed by atoms with Gasteiger partial charge < -0.3 is 19.0 Å². The number of esters is 1. The Hall–Kier alpha value is -4.20. The Bertz CT molecular complexity index is 1310. The van der Waals surface area contributed by atoms with E-state index in [1.165, 1.54) is 11.2 Å². The van der Waals surface area contributed by atoms with Gasteiger partial charge in [-0.15, -0.1) is 0 Å². The van der Waals surface area contributed by atoms with Gasteiger partial charge in [-0.2, -0.15) is 0 Å². The number of hydrogen-bond donors (Lipinski definition) is 1. The van der Waals surface area contributed by atoms with E-state index < -0.39 is 12.6 Å². The zero-order valence-corrected chi connectivity index (χ0v) is 17.4. The van der Waals surface area contributed by atoms with Crippen molar-refractivity contribution in [2.24, 2.45) is 0 Å². The summed E-state index contributed by atoms with van der Waals surface area (Å²) in [5, 5.41) is 0.501. The maximum absolute atomic E-state index is 12.7. The summed E-state index contributed by atoms with van der Waals surface area (Å²) in [4.78, 5) is 46.0. The Morgan fingerprint density at radius 2 is 1.84 bits per heavy atom. The van der Waals surface area contributed by atoms with Crippen LogP contribution in [0.5, 0.6) is 0 Å². The van der Waals surface area contributed by atoms with Crippen LogP contribution in [0, 0.1) is 0 Å². The highest BCUT2D eigenvalue weighted by Crippen LogP contribution is 2.15. The number of nitrogens with zero attached hydrogens (tertiary/aromatic N) is 2. The maximum atomic E-state index is 12.7. The van der Waals surface area contributed by atoms with Crippen LogP contribution in [-0.2, 0) is 22.5 Å². The largest absolute Gasteiger partial charge is 0.467 e. The highest BCUT2D eigenvalue weighted by atomic mass is 16.5. The quantitative estimate of drug-likeness (QED) is 0.451. The molecular formula is C24H21N3O5. The van der Waals surface area contributed by atoms with E-state index in [-0.39, 0.29) is 24.4 Å². The van der Waals surface area contributed by atoms with Crippen LogP contribution in [0.4, 0.5) is 0 Å². The Kier molecular flexibility index (Phi) is 6.12. The summed E-state index contributed by atoms with van der Waals surface area (Å²) in [6.07, 6.45) is 1.76. The van der Waals surface area contributed by atoms with Crippen molar-refractivity contribution in [1.29, 1.82) is 0 Å². The number of rotatable bonds is 7. The second-order valence-corrected chi connectivity index (χ2v) is 7.27. The van der Waals surface area contributed by atoms with E-state index in [4.69, 9.17) is 9.15 Å². The van der Waals surface area contributed by atoms with E-state index in [9.17, 15) is 14.4 Å². The minimum atomic E-state index is -0.622. The summed E-state index contributed by atoms with van der Waals surface area (Å²) >= 11 is 0. The number of H-pyrrole nitrogens is 1. The van der Waals surface area contributed by atoms with Crippen molar-refractivity contribution in [3.8, 4) is 0 Å². The number of aromatic amines is 1. The molecule has 0 spiro atoms. The van der Waals surface area contributed by atoms with Gasteiger partial charge in [-0.05, 0) is 35.9 Å². The normalized spacial score (nSPS) is 10.8. The highest BCUT2D eigenvalue weighted by molar-refractivity contribution is 5.92. The molecule has 0 saturated heterocycles. The monoisotopic (exact) mass is 431 g/mol. The zero-order chi connectivity index (χ0) is 22.5. The number of nitrogens with one attached hydrogen (secondary N) is 1. The van der Waals surface area contributed by atoms with Gasteiger partial charge in [-0.3, -0.25) is 9.59 Å². The van der Waals surface area contributed by atoms with E-state index in [2.05, 4.69) is 9.97 Å². The zero-order valence-electron chi connectivity index (χ0n) is 17.4. The number of fused-ring (bicyclic) bond motifs is 1. The van der Waals surface area contributed by atoms with Crippen LogP contribution in [0.1, 0.15) is 27.5 Å². The lowest BCUT2D eigenvalue weighted by molar-refractivity contribution is -0.133. The van der Waals surface area contributed by atoms with E-state index in [1.54, 1.807) is 61.6 Å². The van der Waals surface area contributed by atoms with Gasteiger partial charge in [0.2, 0.25) is 0 Å². The van der Waals surface area contributed by atoms with Crippen molar-refractivity contribution in [1.82, 2.24) is 14.9 Å². The van der Waals surface area contributed by atoms with Crippen LogP contribution < -0.4 is 5.56 Å². The number of likely N-dealkylation sites (N-methyl/N-ethyl adjacent to an activating group) is 1. The SMILES string of the molecule is CN(Cc1ccco1)C(=O)COC(=O)c1ccccc1Cc1nc2ccccc2c(=O)[nH]1. The third-order valence-corrected chi connectivity index (χ3v) is 4.98. The van der Waals surface area contributed by atoms with Crippen molar-refractivity contribution < 1.29 is 18.7 Å². The molecule has 0 saturated carbocycles. The standard InChI is InChI=1S/C24H21N3O5/c1-27(14-17-8-6-12-31-17)22(28)15-32-24(30)18-9-3-2-7-16(18)13-21-25-20-11-5-4-10-19(20)23(29)26-21/h2-12H,13-15H2,1H3,(H,25,26,29). The molecule has 4 aromatic rings. The first-order valence-electron chi connectivity index (χ1n) is 10.0. The minimum absolute atomic E-state index is 0.234. The molecule has 0 bridgehead atoms. The molecule has 32 heavy (non-hydrogen) atoms. The fourth-order valence-corrected chi connectivity index (χ4v) is 3.31. The molecule has 8 heteroatoms. The highest BCUT2D eigenvalue weighted by Gasteiger charge is 2.17. The average molecular weight is 431 g/mol. The van der Waals surface area contributed by atoms with Crippen molar-refractivity contribution in [3.63, 3.8) is 0 Å². The van der Waals surface area contributed by atoms with Gasteiger partial charge >= 0.3 is 5.97 Å². The summed E-state index contributed by atoms with van der Waals surface area (Å²) in [6.45, 7) is -0.115. The van der Waals surface area contributed by atoms with Gasteiger partial charge in [0.1, 0.15) is 11.6 Å². The molecule has 0 aliphatic heterocycles. The molecule has 162 valence electrons. The van der Waals surface area contributed by atoms with Gasteiger partial charge in [0.05, 0.1) is 29.3 Å². The van der Waals surface area contributed by atoms with E-state index >= 15 is 0 Å². The first kappa shape index (κ1) is 21.0. The van der Waals surface area contributed by atoms with Crippen LogP contribution >= 0.6 is 0 Å². The number of ether oxygens (including phenoxy) is 1. The number of hydrogen-bond acceptors (Lipinski definition) is 6. The van der Waals surface area contributed by atoms with Crippen LogP contribution in [0.2, 0.25) is 0 Å². The number of furan rings is 1. The van der Waals surface area contributed by atoms with Gasteiger partial charge in [0.15, 0.2) is 6.61 Å². The molecule has 1 N–H and O–H groups in total. The first-order valence-corrected chi connectivity index (χ1v) is 10.0. The number of amides is 1. The summed E-state index contributed by atoms with van der Waals surface area (Å²) in [7, 11) is 1.61. The summed E-state index contributed by atoms with van der Waals surface area (Å²) < 4.78 is 10.5. The molecule has 1 amide bonds. The Morgan fingerprint density at radius 3 is 2.66 bits per heavy atom. The Balaban J connectivity index is 1.45. The summed E-state index contributed by atoms with van der Waals surface area (Å²) in [5.74, 6) is 0.0915. The fourth-order valence-electron chi connectivity index (χ4n) is 3.31. The number of benzene rings is 2. The van der Waals surface area contributed by atoms with Crippen molar-refractivity contribution in [2.75, 3.05) is 13.7 Å². The van der Waals surface area contributed by atoms with Crippen LogP contribution in [-0.4, -0.2) is 40.4 Å². The molecule has 0 fully saturated rings. The molecule has 0 atom stereocenters. The van der Waals surface area contributed by atoms with Crippen molar-refractivity contribution in [3.05, 3.63) is 100.0 Å². The Labute approximate surface area is 183 Å². The van der Waals surface area contributed by atoms with Gasteiger partial charge in [-0.1, -0.05) is 30.3 Å². The van der Waals surface area contributed by atoms with Crippen LogP contribution in [0.25, 0.3) is 10.9 Å². The average Bonchev–Trinajstić information content (AvgIpc) is 3.30. The maximum Gasteiger partial charge on any atom is 0.338 e. The minimum Gasteiger partial charge on any atom is -0.467 e. The molecule has 2 heterocycles. The second kappa shape index (κ2) is 9.30. The van der Waals surface area contributed by atoms with E-state index in [0.29, 0.717) is 33.6 Å². The molecule has 2 aromatic heterocycles. The number of aromatic nitrogens is 2. The van der Waals surface area contributed by atoms with Gasteiger partial charge in [-0.25, -0.2) is 9.78 Å². The third-order valence-electron chi connectivity index (χ3n) is 4.98. The molecule has 8 nitrogen and oxygen atoms in total. The molecule has 0 aliphatic rings. The number of para-hydroxylation sites is 1. The molecule has 2 aromatic carbocycles. The molecule has 0 unspecified atom stereocenters. The van der Waals surface area contributed by atoms with Gasteiger partial charge in [0, 0.05) is 13.5 Å². The topological polar surface area (TPSA) is 106 Å². The molecule has 0 radical (unpaired) electrons. The van der Waals surface area contributed by atoms with Crippen molar-refractivity contribution in [2.45, 2.75) is 13.0 Å². The predicted molar refractivity (Wildman–Crippen MR) is 117 cm³/mol. The van der Waals surface area contributed by atoms with Gasteiger partial charge in [0.25, 0.3) is 11.5 Å². The van der Waals surface area contributed by atoms with E-state index in [0.717, 1.165) is 0 Å². The predicted octanol–water partition coefficient (Wildman–Crippen LogP) is 2.92. The third kappa shape index (κ3) is 4.75. The summed E-state index contributed by atoms with van der Waals surface area (Å²) in [5.41, 5.74) is 1.28. The lowest BCUT2D eigenvalue weighted by atomic mass is 10.0. The Morgan fingerprint density at radius 1 is 1.06 bits per heavy atom.